The molecule has 36 heavy (non-hydrogen) atoms. The Hall–Kier alpha value is -3.76. The summed E-state index contributed by atoms with van der Waals surface area (Å²) < 4.78 is 13.6. The molecule has 1 saturated heterocycles. The van der Waals surface area contributed by atoms with Gasteiger partial charge in [-0.25, -0.2) is 14.4 Å². The second-order valence-electron chi connectivity index (χ2n) is 8.97. The number of fused-ring (bicyclic) bond motifs is 1. The number of hydrogen-bond donors (Lipinski definition) is 3. The predicted octanol–water partition coefficient (Wildman–Crippen LogP) is 3.84. The van der Waals surface area contributed by atoms with Gasteiger partial charge in [-0.05, 0) is 50.7 Å². The van der Waals surface area contributed by atoms with Crippen LogP contribution < -0.4 is 10.6 Å². The Labute approximate surface area is 212 Å². The fourth-order valence-corrected chi connectivity index (χ4v) is 4.70. The van der Waals surface area contributed by atoms with E-state index in [0.29, 0.717) is 52.8 Å². The number of anilines is 3. The summed E-state index contributed by atoms with van der Waals surface area (Å²) in [6.07, 6.45) is 3.03. The topological polar surface area (TPSA) is 106 Å². The highest BCUT2D eigenvalue weighted by Crippen LogP contribution is 2.38. The summed E-state index contributed by atoms with van der Waals surface area (Å²) in [5, 5.41) is 5.81. The van der Waals surface area contributed by atoms with Crippen LogP contribution in [0, 0.1) is 19.7 Å². The highest BCUT2D eigenvalue weighted by molar-refractivity contribution is 6.35. The van der Waals surface area contributed by atoms with Gasteiger partial charge >= 0.3 is 0 Å². The summed E-state index contributed by atoms with van der Waals surface area (Å²) in [6, 6.07) is 4.21. The number of H-pyrrole nitrogens is 1. The number of amides is 2. The summed E-state index contributed by atoms with van der Waals surface area (Å²) >= 11 is 5.92. The molecular weight excluding hydrogens is 485 g/mol. The quantitative estimate of drug-likeness (QED) is 0.461. The molecule has 2 amide bonds. The monoisotopic (exact) mass is 509 g/mol. The zero-order valence-corrected chi connectivity index (χ0v) is 20.8. The van der Waals surface area contributed by atoms with Crippen molar-refractivity contribution in [3.05, 3.63) is 63.4 Å². The molecule has 5 rings (SSSR count). The maximum Gasteiger partial charge on any atom is 0.257 e. The third-order valence-electron chi connectivity index (χ3n) is 6.54. The van der Waals surface area contributed by atoms with E-state index in [-0.39, 0.29) is 16.8 Å². The summed E-state index contributed by atoms with van der Waals surface area (Å²) in [7, 11) is 2.04. The van der Waals surface area contributed by atoms with Gasteiger partial charge in [-0.2, -0.15) is 0 Å². The second-order valence-corrected chi connectivity index (χ2v) is 9.38. The molecule has 1 fully saturated rings. The molecule has 0 unspecified atom stereocenters. The molecule has 0 spiro atoms. The first-order valence-electron chi connectivity index (χ1n) is 11.5. The van der Waals surface area contributed by atoms with Gasteiger partial charge in [0, 0.05) is 43.3 Å². The lowest BCUT2D eigenvalue weighted by atomic mass is 10.0. The summed E-state index contributed by atoms with van der Waals surface area (Å²) in [5.74, 6) is -0.181. The van der Waals surface area contributed by atoms with Crippen molar-refractivity contribution >= 4 is 52.4 Å². The molecule has 9 nitrogen and oxygen atoms in total. The van der Waals surface area contributed by atoms with E-state index in [4.69, 9.17) is 11.6 Å². The van der Waals surface area contributed by atoms with Crippen molar-refractivity contribution in [3.8, 4) is 0 Å². The van der Waals surface area contributed by atoms with Crippen LogP contribution in [0.25, 0.3) is 11.6 Å². The van der Waals surface area contributed by atoms with Gasteiger partial charge in [0.1, 0.15) is 23.8 Å². The lowest BCUT2D eigenvalue weighted by Gasteiger charge is -2.32. The summed E-state index contributed by atoms with van der Waals surface area (Å²) in [6.45, 7) is 6.73. The molecule has 4 heterocycles. The van der Waals surface area contributed by atoms with Gasteiger partial charge < -0.3 is 25.4 Å². The molecule has 0 saturated carbocycles. The fraction of sp³-hybridized carbons (Fsp3) is 0.280. The third-order valence-corrected chi connectivity index (χ3v) is 6.83. The lowest BCUT2D eigenvalue weighted by Crippen LogP contribution is -2.47. The van der Waals surface area contributed by atoms with Crippen LogP contribution in [-0.2, 0) is 4.79 Å². The zero-order chi connectivity index (χ0) is 25.6. The highest BCUT2D eigenvalue weighted by Gasteiger charge is 2.31. The Morgan fingerprint density at radius 1 is 1.19 bits per heavy atom. The zero-order valence-electron chi connectivity index (χ0n) is 20.1. The number of nitrogens with one attached hydrogen (secondary N) is 3. The van der Waals surface area contributed by atoms with Crippen molar-refractivity contribution in [2.45, 2.75) is 13.8 Å². The maximum atomic E-state index is 13.6. The van der Waals surface area contributed by atoms with Crippen molar-refractivity contribution in [1.29, 1.82) is 0 Å². The van der Waals surface area contributed by atoms with E-state index >= 15 is 0 Å². The number of nitrogens with zero attached hydrogens (tertiary/aromatic N) is 4. The van der Waals surface area contributed by atoms with E-state index in [1.165, 1.54) is 24.5 Å². The van der Waals surface area contributed by atoms with Gasteiger partial charge in [-0.15, -0.1) is 0 Å². The van der Waals surface area contributed by atoms with Crippen LogP contribution in [0.1, 0.15) is 32.9 Å². The van der Waals surface area contributed by atoms with Crippen molar-refractivity contribution in [2.75, 3.05) is 43.9 Å². The van der Waals surface area contributed by atoms with Gasteiger partial charge in [0.15, 0.2) is 0 Å². The van der Waals surface area contributed by atoms with Gasteiger partial charge in [-0.3, -0.25) is 9.59 Å². The predicted molar refractivity (Wildman–Crippen MR) is 137 cm³/mol. The largest absolute Gasteiger partial charge is 0.358 e. The third kappa shape index (κ3) is 4.33. The molecule has 3 N–H and O–H groups in total. The van der Waals surface area contributed by atoms with E-state index in [0.717, 1.165) is 24.3 Å². The molecule has 0 radical (unpaired) electrons. The van der Waals surface area contributed by atoms with E-state index in [9.17, 15) is 14.0 Å². The molecule has 3 aromatic rings. The first kappa shape index (κ1) is 24.0. The van der Waals surface area contributed by atoms with Crippen molar-refractivity contribution in [1.82, 2.24) is 24.8 Å². The maximum absolute atomic E-state index is 13.6. The van der Waals surface area contributed by atoms with Crippen molar-refractivity contribution < 1.29 is 14.0 Å². The minimum atomic E-state index is -0.535. The van der Waals surface area contributed by atoms with E-state index in [1.54, 1.807) is 6.08 Å². The number of aromatic amines is 1. The number of benzene rings is 1. The molecule has 1 aromatic carbocycles. The molecular formula is C25H25ClFN7O2. The standard InChI is InChI=1S/C25H25ClFN7O2/c1-13-19(30-14(2)20(13)25(36)34-8-6-33(3)7-9-34)11-16-21-22(28-12-29-23(21)32-24(16)35)31-15-4-5-18(27)17(26)10-15/h4-5,10-12,30H,6-9H2,1-3H3,(H2,28,29,31,32,35)/b16-11-. The molecule has 2 aromatic heterocycles. The molecule has 2 aliphatic rings. The van der Waals surface area contributed by atoms with E-state index < -0.39 is 5.82 Å². The van der Waals surface area contributed by atoms with Crippen LogP contribution in [0.5, 0.6) is 0 Å². The molecule has 186 valence electrons. The van der Waals surface area contributed by atoms with Crippen molar-refractivity contribution in [3.63, 3.8) is 0 Å². The van der Waals surface area contributed by atoms with Crippen molar-refractivity contribution in [2.24, 2.45) is 0 Å². The minimum absolute atomic E-state index is 0.0193. The number of likely N-dealkylation sites (N-methyl/N-ethyl adjacent to an activating group) is 1. The number of aryl methyl sites for hydroxylation is 1. The fourth-order valence-electron chi connectivity index (χ4n) is 4.52. The first-order chi connectivity index (χ1) is 17.2. The number of rotatable bonds is 4. The molecule has 11 heteroatoms. The first-order valence-corrected chi connectivity index (χ1v) is 11.9. The van der Waals surface area contributed by atoms with Crippen LogP contribution in [0.2, 0.25) is 5.02 Å². The minimum Gasteiger partial charge on any atom is -0.358 e. The summed E-state index contributed by atoms with van der Waals surface area (Å²) in [5.41, 5.74) is 4.10. The van der Waals surface area contributed by atoms with Crippen LogP contribution in [0.15, 0.2) is 24.5 Å². The number of aromatic nitrogens is 3. The van der Waals surface area contributed by atoms with Gasteiger partial charge in [0.05, 0.1) is 21.7 Å². The van der Waals surface area contributed by atoms with Gasteiger partial charge in [0.2, 0.25) is 0 Å². The number of piperazine rings is 1. The van der Waals surface area contributed by atoms with E-state index in [2.05, 4.69) is 30.5 Å². The van der Waals surface area contributed by atoms with Gasteiger partial charge in [-0.1, -0.05) is 11.6 Å². The number of carbonyl (C=O) groups excluding carboxylic acids is 2. The molecule has 2 aliphatic heterocycles. The van der Waals surface area contributed by atoms with Crippen LogP contribution in [0.3, 0.4) is 0 Å². The number of hydrogen-bond acceptors (Lipinski definition) is 6. The molecule has 0 aliphatic carbocycles. The average molecular weight is 510 g/mol. The Morgan fingerprint density at radius 3 is 2.67 bits per heavy atom. The Bertz CT molecular complexity index is 1410. The number of carbonyl (C=O) groups is 2. The second kappa shape index (κ2) is 9.36. The average Bonchev–Trinajstić information content (AvgIpc) is 3.31. The van der Waals surface area contributed by atoms with Crippen LogP contribution in [0.4, 0.5) is 21.7 Å². The Morgan fingerprint density at radius 2 is 1.94 bits per heavy atom. The molecule has 0 atom stereocenters. The normalized spacial score (nSPS) is 16.9. The highest BCUT2D eigenvalue weighted by atomic mass is 35.5. The Kier molecular flexibility index (Phi) is 6.23. The van der Waals surface area contributed by atoms with Crippen LogP contribution in [-0.4, -0.2) is 69.8 Å². The SMILES string of the molecule is Cc1[nH]c(/C=C2\C(=O)Nc3ncnc(Nc4ccc(F)c(Cl)c4)c32)c(C)c1C(=O)N1CCN(C)CC1. The van der Waals surface area contributed by atoms with Gasteiger partial charge in [0.25, 0.3) is 11.8 Å². The van der Waals surface area contributed by atoms with Crippen LogP contribution >= 0.6 is 11.6 Å². The summed E-state index contributed by atoms with van der Waals surface area (Å²) in [4.78, 5) is 42.0. The lowest BCUT2D eigenvalue weighted by molar-refractivity contribution is -0.110. The Balaban J connectivity index is 1.50. The molecule has 0 bridgehead atoms. The van der Waals surface area contributed by atoms with E-state index in [1.807, 2.05) is 25.8 Å². The smallest absolute Gasteiger partial charge is 0.257 e. The number of halogens is 2.